The highest BCUT2D eigenvalue weighted by Gasteiger charge is 2.41. The number of nitrogens with one attached hydrogen (secondary N) is 1. The van der Waals surface area contributed by atoms with Crippen LogP contribution in [0.15, 0.2) is 24.3 Å². The average Bonchev–Trinajstić information content (AvgIpc) is 2.51. The highest BCUT2D eigenvalue weighted by Crippen LogP contribution is 2.35. The summed E-state index contributed by atoms with van der Waals surface area (Å²) >= 11 is 0. The topological polar surface area (TPSA) is 32.3 Å². The molecule has 0 aromatic heterocycles. The first-order chi connectivity index (χ1) is 10.1. The first kappa shape index (κ1) is 16.0. The van der Waals surface area contributed by atoms with Crippen LogP contribution in [0.2, 0.25) is 0 Å². The summed E-state index contributed by atoms with van der Waals surface area (Å²) in [6, 6.07) is 8.28. The van der Waals surface area contributed by atoms with Gasteiger partial charge in [0, 0.05) is 18.8 Å². The van der Waals surface area contributed by atoms with Crippen LogP contribution in [0.1, 0.15) is 45.1 Å². The SMILES string of the molecule is CCCC1(C(=O)N(CC)c2ccc(C)cc2)CCCNC1. The van der Waals surface area contributed by atoms with E-state index in [9.17, 15) is 4.79 Å². The Balaban J connectivity index is 2.26. The Morgan fingerprint density at radius 2 is 2.00 bits per heavy atom. The standard InChI is InChI=1S/C18H28N2O/c1-4-11-18(12-6-13-19-14-18)17(21)20(5-2)16-9-7-15(3)8-10-16/h7-10,19H,4-6,11-14H2,1-3H3. The second-order valence-electron chi connectivity index (χ2n) is 6.20. The molecule has 1 unspecified atom stereocenters. The van der Waals surface area contributed by atoms with Gasteiger partial charge in [0.15, 0.2) is 0 Å². The Kier molecular flexibility index (Phi) is 5.40. The van der Waals surface area contributed by atoms with Gasteiger partial charge >= 0.3 is 0 Å². The predicted octanol–water partition coefficient (Wildman–Crippen LogP) is 3.52. The van der Waals surface area contributed by atoms with Crippen LogP contribution in [0.4, 0.5) is 5.69 Å². The van der Waals surface area contributed by atoms with Crippen molar-refractivity contribution < 1.29 is 4.79 Å². The van der Waals surface area contributed by atoms with E-state index >= 15 is 0 Å². The van der Waals surface area contributed by atoms with Gasteiger partial charge in [-0.15, -0.1) is 0 Å². The zero-order chi connectivity index (χ0) is 15.3. The van der Waals surface area contributed by atoms with Crippen molar-refractivity contribution in [2.75, 3.05) is 24.5 Å². The van der Waals surface area contributed by atoms with Gasteiger partial charge in [0.1, 0.15) is 0 Å². The fraction of sp³-hybridized carbons (Fsp3) is 0.611. The van der Waals surface area contributed by atoms with Gasteiger partial charge in [-0.2, -0.15) is 0 Å². The van der Waals surface area contributed by atoms with Gasteiger partial charge in [-0.25, -0.2) is 0 Å². The first-order valence-corrected chi connectivity index (χ1v) is 8.22. The molecule has 1 aliphatic rings. The van der Waals surface area contributed by atoms with Crippen LogP contribution in [0, 0.1) is 12.3 Å². The summed E-state index contributed by atoms with van der Waals surface area (Å²) in [7, 11) is 0. The minimum absolute atomic E-state index is 0.214. The Labute approximate surface area is 128 Å². The lowest BCUT2D eigenvalue weighted by molar-refractivity contribution is -0.129. The highest BCUT2D eigenvalue weighted by atomic mass is 16.2. The molecule has 2 rings (SSSR count). The van der Waals surface area contributed by atoms with Crippen LogP contribution in [0.3, 0.4) is 0 Å². The van der Waals surface area contributed by atoms with Gasteiger partial charge in [-0.05, 0) is 51.8 Å². The number of rotatable bonds is 5. The lowest BCUT2D eigenvalue weighted by atomic mass is 9.75. The van der Waals surface area contributed by atoms with E-state index in [1.165, 1.54) is 5.56 Å². The average molecular weight is 288 g/mol. The normalized spacial score (nSPS) is 22.0. The quantitative estimate of drug-likeness (QED) is 0.899. The fourth-order valence-corrected chi connectivity index (χ4v) is 3.40. The Morgan fingerprint density at radius 3 is 2.52 bits per heavy atom. The zero-order valence-electron chi connectivity index (χ0n) is 13.6. The van der Waals surface area contributed by atoms with E-state index in [0.29, 0.717) is 5.91 Å². The van der Waals surface area contributed by atoms with E-state index in [1.807, 2.05) is 4.90 Å². The molecule has 1 heterocycles. The van der Waals surface area contributed by atoms with Crippen molar-refractivity contribution in [1.82, 2.24) is 5.32 Å². The molecule has 1 aromatic carbocycles. The summed E-state index contributed by atoms with van der Waals surface area (Å²) in [4.78, 5) is 15.2. The number of nitrogens with zero attached hydrogens (tertiary/aromatic N) is 1. The van der Waals surface area contributed by atoms with Gasteiger partial charge in [-0.1, -0.05) is 31.0 Å². The third-order valence-corrected chi connectivity index (χ3v) is 4.56. The maximum Gasteiger partial charge on any atom is 0.234 e. The summed E-state index contributed by atoms with van der Waals surface area (Å²) in [5.74, 6) is 0.294. The van der Waals surface area contributed by atoms with Gasteiger partial charge in [0.25, 0.3) is 0 Å². The Bertz CT molecular complexity index is 455. The van der Waals surface area contributed by atoms with Crippen molar-refractivity contribution >= 4 is 11.6 Å². The Morgan fingerprint density at radius 1 is 1.29 bits per heavy atom. The molecule has 0 aliphatic carbocycles. The van der Waals surface area contributed by atoms with Crippen LogP contribution in [0.25, 0.3) is 0 Å². The number of anilines is 1. The molecule has 1 aromatic rings. The van der Waals surface area contributed by atoms with Crippen molar-refractivity contribution in [3.05, 3.63) is 29.8 Å². The predicted molar refractivity (Wildman–Crippen MR) is 88.7 cm³/mol. The van der Waals surface area contributed by atoms with Crippen molar-refractivity contribution in [2.24, 2.45) is 5.41 Å². The molecular formula is C18H28N2O. The minimum atomic E-state index is -0.214. The van der Waals surface area contributed by atoms with Crippen molar-refractivity contribution in [1.29, 1.82) is 0 Å². The molecular weight excluding hydrogens is 260 g/mol. The molecule has 1 atom stereocenters. The third-order valence-electron chi connectivity index (χ3n) is 4.56. The summed E-state index contributed by atoms with van der Waals surface area (Å²) in [5.41, 5.74) is 2.03. The number of aryl methyl sites for hydroxylation is 1. The monoisotopic (exact) mass is 288 g/mol. The largest absolute Gasteiger partial charge is 0.316 e. The number of benzene rings is 1. The van der Waals surface area contributed by atoms with E-state index in [0.717, 1.165) is 51.0 Å². The summed E-state index contributed by atoms with van der Waals surface area (Å²) in [6.45, 7) is 8.90. The van der Waals surface area contributed by atoms with Crippen molar-refractivity contribution in [3.8, 4) is 0 Å². The second kappa shape index (κ2) is 7.08. The number of carbonyl (C=O) groups is 1. The van der Waals surface area contributed by atoms with E-state index in [-0.39, 0.29) is 5.41 Å². The molecule has 116 valence electrons. The first-order valence-electron chi connectivity index (χ1n) is 8.22. The van der Waals surface area contributed by atoms with E-state index in [4.69, 9.17) is 0 Å². The molecule has 0 radical (unpaired) electrons. The molecule has 1 saturated heterocycles. The third kappa shape index (κ3) is 3.46. The highest BCUT2D eigenvalue weighted by molar-refractivity contribution is 5.97. The van der Waals surface area contributed by atoms with Crippen LogP contribution in [-0.2, 0) is 4.79 Å². The molecule has 3 nitrogen and oxygen atoms in total. The Hall–Kier alpha value is -1.35. The fourth-order valence-electron chi connectivity index (χ4n) is 3.40. The number of hydrogen-bond acceptors (Lipinski definition) is 2. The number of amides is 1. The number of carbonyl (C=O) groups excluding carboxylic acids is 1. The van der Waals surface area contributed by atoms with Crippen molar-refractivity contribution in [3.63, 3.8) is 0 Å². The van der Waals surface area contributed by atoms with Crippen LogP contribution in [-0.4, -0.2) is 25.5 Å². The minimum Gasteiger partial charge on any atom is -0.316 e. The van der Waals surface area contributed by atoms with Gasteiger partial charge < -0.3 is 10.2 Å². The second-order valence-corrected chi connectivity index (χ2v) is 6.20. The maximum absolute atomic E-state index is 13.2. The maximum atomic E-state index is 13.2. The lowest BCUT2D eigenvalue weighted by Crippen LogP contribution is -2.52. The van der Waals surface area contributed by atoms with Crippen LogP contribution < -0.4 is 10.2 Å². The molecule has 3 heteroatoms. The summed E-state index contributed by atoms with van der Waals surface area (Å²) < 4.78 is 0. The van der Waals surface area contributed by atoms with Gasteiger partial charge in [0.2, 0.25) is 5.91 Å². The molecule has 1 aliphatic heterocycles. The molecule has 0 spiro atoms. The molecule has 21 heavy (non-hydrogen) atoms. The molecule has 0 saturated carbocycles. The summed E-state index contributed by atoms with van der Waals surface area (Å²) in [6.07, 6.45) is 4.13. The van der Waals surface area contributed by atoms with Crippen molar-refractivity contribution in [2.45, 2.75) is 46.5 Å². The lowest BCUT2D eigenvalue weighted by Gasteiger charge is -2.40. The molecule has 1 N–H and O–H groups in total. The smallest absolute Gasteiger partial charge is 0.234 e. The van der Waals surface area contributed by atoms with E-state index in [2.05, 4.69) is 50.4 Å². The zero-order valence-corrected chi connectivity index (χ0v) is 13.6. The van der Waals surface area contributed by atoms with Gasteiger partial charge in [-0.3, -0.25) is 4.79 Å². The van der Waals surface area contributed by atoms with E-state index in [1.54, 1.807) is 0 Å². The molecule has 0 bridgehead atoms. The number of piperidine rings is 1. The van der Waals surface area contributed by atoms with Gasteiger partial charge in [0.05, 0.1) is 5.41 Å². The number of hydrogen-bond donors (Lipinski definition) is 1. The molecule has 1 amide bonds. The summed E-state index contributed by atoms with van der Waals surface area (Å²) in [5, 5.41) is 3.43. The van der Waals surface area contributed by atoms with E-state index < -0.39 is 0 Å². The van der Waals surface area contributed by atoms with Crippen LogP contribution >= 0.6 is 0 Å². The molecule has 1 fully saturated rings. The van der Waals surface area contributed by atoms with Crippen LogP contribution in [0.5, 0.6) is 0 Å².